The van der Waals surface area contributed by atoms with E-state index >= 15 is 0 Å². The first-order valence-electron chi connectivity index (χ1n) is 6.49. The molecule has 0 aliphatic carbocycles. The van der Waals surface area contributed by atoms with Gasteiger partial charge in [-0.05, 0) is 25.0 Å². The third-order valence-electron chi connectivity index (χ3n) is 3.43. The molecule has 1 aliphatic heterocycles. The maximum atomic E-state index is 12.3. The average molecular weight is 351 g/mol. The second kappa shape index (κ2) is 6.52. The fourth-order valence-corrected chi connectivity index (χ4v) is 3.70. The summed E-state index contributed by atoms with van der Waals surface area (Å²) < 4.78 is 24.5. The van der Waals surface area contributed by atoms with Gasteiger partial charge in [0, 0.05) is 13.1 Å². The van der Waals surface area contributed by atoms with Gasteiger partial charge in [0.15, 0.2) is 0 Å². The summed E-state index contributed by atoms with van der Waals surface area (Å²) in [7, 11) is -3.28. The van der Waals surface area contributed by atoms with Crippen LogP contribution in [0.4, 0.5) is 5.69 Å². The second-order valence-corrected chi connectivity index (χ2v) is 7.84. The molecular formula is C13H16Cl2N2O3S. The van der Waals surface area contributed by atoms with Crippen LogP contribution in [0.15, 0.2) is 18.2 Å². The summed E-state index contributed by atoms with van der Waals surface area (Å²) in [4.78, 5) is 12.3. The van der Waals surface area contributed by atoms with Crippen molar-refractivity contribution in [2.75, 3.05) is 24.7 Å². The van der Waals surface area contributed by atoms with Crippen LogP contribution < -0.4 is 5.32 Å². The molecule has 1 amide bonds. The maximum absolute atomic E-state index is 12.3. The Morgan fingerprint density at radius 2 is 1.95 bits per heavy atom. The number of amides is 1. The summed E-state index contributed by atoms with van der Waals surface area (Å²) >= 11 is 12.0. The molecular weight excluding hydrogens is 335 g/mol. The SMILES string of the molecule is CS(=O)(=O)N1CCCC(C(=O)Nc2c(Cl)cccc2Cl)C1. The van der Waals surface area contributed by atoms with Crippen molar-refractivity contribution < 1.29 is 13.2 Å². The van der Waals surface area contributed by atoms with Crippen molar-refractivity contribution in [3.05, 3.63) is 28.2 Å². The van der Waals surface area contributed by atoms with Gasteiger partial charge in [-0.2, -0.15) is 0 Å². The van der Waals surface area contributed by atoms with Gasteiger partial charge in [0.25, 0.3) is 0 Å². The molecule has 8 heteroatoms. The summed E-state index contributed by atoms with van der Waals surface area (Å²) in [6.07, 6.45) is 2.44. The summed E-state index contributed by atoms with van der Waals surface area (Å²) in [5.74, 6) is -0.667. The fraction of sp³-hybridized carbons (Fsp3) is 0.462. The quantitative estimate of drug-likeness (QED) is 0.910. The van der Waals surface area contributed by atoms with Crippen LogP contribution in [-0.4, -0.2) is 38.0 Å². The third-order valence-corrected chi connectivity index (χ3v) is 5.33. The van der Waals surface area contributed by atoms with E-state index in [0.29, 0.717) is 35.1 Å². The molecule has 1 unspecified atom stereocenters. The highest BCUT2D eigenvalue weighted by Gasteiger charge is 2.30. The zero-order valence-electron chi connectivity index (χ0n) is 11.5. The lowest BCUT2D eigenvalue weighted by Crippen LogP contribution is -2.43. The van der Waals surface area contributed by atoms with Crippen LogP contribution >= 0.6 is 23.2 Å². The molecule has 21 heavy (non-hydrogen) atoms. The van der Waals surface area contributed by atoms with Gasteiger partial charge in [0.1, 0.15) is 0 Å². The minimum Gasteiger partial charge on any atom is -0.323 e. The van der Waals surface area contributed by atoms with Gasteiger partial charge in [-0.15, -0.1) is 0 Å². The van der Waals surface area contributed by atoms with Crippen LogP contribution in [0, 0.1) is 5.92 Å². The fourth-order valence-electron chi connectivity index (χ4n) is 2.30. The molecule has 1 aromatic carbocycles. The Morgan fingerprint density at radius 1 is 1.33 bits per heavy atom. The smallest absolute Gasteiger partial charge is 0.228 e. The highest BCUT2D eigenvalue weighted by molar-refractivity contribution is 7.88. The van der Waals surface area contributed by atoms with Crippen molar-refractivity contribution in [1.82, 2.24) is 4.31 Å². The lowest BCUT2D eigenvalue weighted by atomic mass is 9.98. The Hall–Kier alpha value is -0.820. The second-order valence-electron chi connectivity index (χ2n) is 5.05. The highest BCUT2D eigenvalue weighted by Crippen LogP contribution is 2.31. The number of rotatable bonds is 3. The Balaban J connectivity index is 2.10. The standard InChI is InChI=1S/C13H16Cl2N2O3S/c1-21(19,20)17-7-3-4-9(8-17)13(18)16-12-10(14)5-2-6-11(12)15/h2,5-6,9H,3-4,7-8H2,1H3,(H,16,18). The minimum atomic E-state index is -3.28. The van der Waals surface area contributed by atoms with Crippen molar-refractivity contribution in [2.24, 2.45) is 5.92 Å². The van der Waals surface area contributed by atoms with Crippen LogP contribution in [0.3, 0.4) is 0 Å². The summed E-state index contributed by atoms with van der Waals surface area (Å²) in [5.41, 5.74) is 0.363. The molecule has 1 fully saturated rings. The number of carbonyl (C=O) groups is 1. The number of nitrogens with zero attached hydrogens (tertiary/aromatic N) is 1. The van der Waals surface area contributed by atoms with E-state index in [9.17, 15) is 13.2 Å². The number of hydrogen-bond acceptors (Lipinski definition) is 3. The van der Waals surface area contributed by atoms with Crippen LogP contribution in [-0.2, 0) is 14.8 Å². The van der Waals surface area contributed by atoms with E-state index in [1.54, 1.807) is 18.2 Å². The average Bonchev–Trinajstić information content (AvgIpc) is 2.42. The first kappa shape index (κ1) is 16.5. The lowest BCUT2D eigenvalue weighted by molar-refractivity contribution is -0.120. The zero-order valence-corrected chi connectivity index (χ0v) is 13.8. The van der Waals surface area contributed by atoms with Gasteiger partial charge in [-0.3, -0.25) is 4.79 Å². The molecule has 1 aliphatic rings. The highest BCUT2D eigenvalue weighted by atomic mass is 35.5. The number of benzene rings is 1. The molecule has 0 bridgehead atoms. The summed E-state index contributed by atoms with van der Waals surface area (Å²) in [6.45, 7) is 0.641. The van der Waals surface area contributed by atoms with E-state index in [0.717, 1.165) is 6.26 Å². The number of halogens is 2. The van der Waals surface area contributed by atoms with Gasteiger partial charge in [-0.1, -0.05) is 29.3 Å². The number of hydrogen-bond donors (Lipinski definition) is 1. The van der Waals surface area contributed by atoms with Crippen LogP contribution in [0.1, 0.15) is 12.8 Å². The Morgan fingerprint density at radius 3 is 2.52 bits per heavy atom. The molecule has 0 radical (unpaired) electrons. The summed E-state index contributed by atoms with van der Waals surface area (Å²) in [5, 5.41) is 3.40. The van der Waals surface area contributed by atoms with Crippen LogP contribution in [0.2, 0.25) is 10.0 Å². The Bertz CT molecular complexity index is 629. The Labute approximate surface area is 134 Å². The van der Waals surface area contributed by atoms with Crippen molar-refractivity contribution in [1.29, 1.82) is 0 Å². The van der Waals surface area contributed by atoms with Gasteiger partial charge < -0.3 is 5.32 Å². The largest absolute Gasteiger partial charge is 0.323 e. The van der Waals surface area contributed by atoms with E-state index in [-0.39, 0.29) is 12.5 Å². The number of anilines is 1. The van der Waals surface area contributed by atoms with E-state index in [1.165, 1.54) is 4.31 Å². The predicted octanol–water partition coefficient (Wildman–Crippen LogP) is 2.60. The zero-order chi connectivity index (χ0) is 15.6. The molecule has 0 spiro atoms. The number of sulfonamides is 1. The van der Waals surface area contributed by atoms with Crippen LogP contribution in [0.25, 0.3) is 0 Å². The van der Waals surface area contributed by atoms with Gasteiger partial charge in [0.05, 0.1) is 27.9 Å². The molecule has 1 aromatic rings. The first-order chi connectivity index (χ1) is 9.79. The van der Waals surface area contributed by atoms with Crippen molar-refractivity contribution in [2.45, 2.75) is 12.8 Å². The molecule has 1 heterocycles. The van der Waals surface area contributed by atoms with Gasteiger partial charge in [0.2, 0.25) is 15.9 Å². The minimum absolute atomic E-state index is 0.187. The van der Waals surface area contributed by atoms with Gasteiger partial charge in [-0.25, -0.2) is 12.7 Å². The van der Waals surface area contributed by atoms with Crippen LogP contribution in [0.5, 0.6) is 0 Å². The molecule has 1 atom stereocenters. The molecule has 2 rings (SSSR count). The van der Waals surface area contributed by atoms with Crippen molar-refractivity contribution in [3.63, 3.8) is 0 Å². The Kier molecular flexibility index (Phi) is 5.14. The van der Waals surface area contributed by atoms with E-state index in [1.807, 2.05) is 0 Å². The van der Waals surface area contributed by atoms with E-state index in [2.05, 4.69) is 5.32 Å². The topological polar surface area (TPSA) is 66.5 Å². The molecule has 0 saturated carbocycles. The number of para-hydroxylation sites is 1. The van der Waals surface area contributed by atoms with E-state index in [4.69, 9.17) is 23.2 Å². The third kappa shape index (κ3) is 4.10. The number of nitrogens with one attached hydrogen (secondary N) is 1. The van der Waals surface area contributed by atoms with Crippen molar-refractivity contribution in [3.8, 4) is 0 Å². The monoisotopic (exact) mass is 350 g/mol. The predicted molar refractivity (Wildman–Crippen MR) is 84.2 cm³/mol. The normalized spacial score (nSPS) is 20.2. The lowest BCUT2D eigenvalue weighted by Gasteiger charge is -2.30. The van der Waals surface area contributed by atoms with Crippen molar-refractivity contribution >= 4 is 44.8 Å². The molecule has 0 aromatic heterocycles. The molecule has 1 saturated heterocycles. The van der Waals surface area contributed by atoms with Gasteiger partial charge >= 0.3 is 0 Å². The number of piperidine rings is 1. The maximum Gasteiger partial charge on any atom is 0.228 e. The first-order valence-corrected chi connectivity index (χ1v) is 9.09. The molecule has 116 valence electrons. The molecule has 1 N–H and O–H groups in total. The van der Waals surface area contributed by atoms with E-state index < -0.39 is 15.9 Å². The molecule has 5 nitrogen and oxygen atoms in total. The number of carbonyl (C=O) groups excluding carboxylic acids is 1. The summed E-state index contributed by atoms with van der Waals surface area (Å²) in [6, 6.07) is 4.95.